The summed E-state index contributed by atoms with van der Waals surface area (Å²) in [6, 6.07) is -0.655. The summed E-state index contributed by atoms with van der Waals surface area (Å²) in [5.74, 6) is 1.45. The summed E-state index contributed by atoms with van der Waals surface area (Å²) in [5, 5.41) is 5.83. The van der Waals surface area contributed by atoms with Gasteiger partial charge in [0, 0.05) is 0 Å². The van der Waals surface area contributed by atoms with E-state index in [4.69, 9.17) is 0 Å². The summed E-state index contributed by atoms with van der Waals surface area (Å²) in [7, 11) is 0. The molecule has 1 heterocycles. The Bertz CT molecular complexity index is 368. The molecule has 0 aliphatic carbocycles. The van der Waals surface area contributed by atoms with Gasteiger partial charge in [0.25, 0.3) is 0 Å². The Balaban J connectivity index is 2.24. The van der Waals surface area contributed by atoms with Crippen molar-refractivity contribution in [3.8, 4) is 0 Å². The van der Waals surface area contributed by atoms with Crippen molar-refractivity contribution in [3.05, 3.63) is 0 Å². The number of hydrogen-bond acceptors (Lipinski definition) is 2. The first-order valence-electron chi connectivity index (χ1n) is 9.54. The molecular weight excluding hydrogens is 288 g/mol. The SMILES string of the molecule is CCC(C)CCCCC1NC(=O)C(CCCCC(C)C)NC1=O. The first-order chi connectivity index (χ1) is 10.9. The molecule has 134 valence electrons. The number of rotatable bonds is 11. The smallest absolute Gasteiger partial charge is 0.243 e. The summed E-state index contributed by atoms with van der Waals surface area (Å²) in [5.41, 5.74) is 0. The summed E-state index contributed by atoms with van der Waals surface area (Å²) in [4.78, 5) is 24.3. The third-order valence-electron chi connectivity index (χ3n) is 4.93. The zero-order chi connectivity index (χ0) is 17.2. The molecule has 3 atom stereocenters. The van der Waals surface area contributed by atoms with Gasteiger partial charge in [0.1, 0.15) is 12.1 Å². The highest BCUT2D eigenvalue weighted by Gasteiger charge is 2.32. The molecule has 1 saturated heterocycles. The van der Waals surface area contributed by atoms with E-state index in [1.54, 1.807) is 0 Å². The second kappa shape index (κ2) is 10.7. The molecule has 0 aromatic rings. The maximum Gasteiger partial charge on any atom is 0.243 e. The van der Waals surface area contributed by atoms with Crippen LogP contribution in [0.4, 0.5) is 0 Å². The van der Waals surface area contributed by atoms with Crippen molar-refractivity contribution in [1.29, 1.82) is 0 Å². The highest BCUT2D eigenvalue weighted by molar-refractivity contribution is 5.96. The van der Waals surface area contributed by atoms with E-state index in [1.807, 2.05) is 0 Å². The van der Waals surface area contributed by atoms with E-state index in [0.29, 0.717) is 5.92 Å². The Labute approximate surface area is 142 Å². The van der Waals surface area contributed by atoms with Crippen LogP contribution in [0.3, 0.4) is 0 Å². The number of hydrogen-bond donors (Lipinski definition) is 2. The van der Waals surface area contributed by atoms with Gasteiger partial charge in [-0.15, -0.1) is 0 Å². The van der Waals surface area contributed by atoms with Gasteiger partial charge in [0.05, 0.1) is 0 Å². The summed E-state index contributed by atoms with van der Waals surface area (Å²) in [6.07, 6.45) is 9.36. The lowest BCUT2D eigenvalue weighted by Gasteiger charge is -2.29. The van der Waals surface area contributed by atoms with Crippen LogP contribution in [0.1, 0.15) is 85.5 Å². The Morgan fingerprint density at radius 3 is 1.74 bits per heavy atom. The zero-order valence-corrected chi connectivity index (χ0v) is 15.5. The van der Waals surface area contributed by atoms with Gasteiger partial charge in [-0.2, -0.15) is 0 Å². The van der Waals surface area contributed by atoms with E-state index in [2.05, 4.69) is 38.3 Å². The summed E-state index contributed by atoms with van der Waals surface area (Å²) >= 11 is 0. The largest absolute Gasteiger partial charge is 0.343 e. The van der Waals surface area contributed by atoms with Crippen LogP contribution in [0.25, 0.3) is 0 Å². The van der Waals surface area contributed by atoms with Crippen LogP contribution in [-0.2, 0) is 9.59 Å². The Morgan fingerprint density at radius 1 is 0.826 bits per heavy atom. The van der Waals surface area contributed by atoms with E-state index >= 15 is 0 Å². The van der Waals surface area contributed by atoms with Crippen LogP contribution in [0.2, 0.25) is 0 Å². The summed E-state index contributed by atoms with van der Waals surface area (Å²) in [6.45, 7) is 8.89. The highest BCUT2D eigenvalue weighted by Crippen LogP contribution is 2.16. The fourth-order valence-electron chi connectivity index (χ4n) is 3.03. The molecule has 0 bridgehead atoms. The molecule has 23 heavy (non-hydrogen) atoms. The third kappa shape index (κ3) is 7.85. The number of unbranched alkanes of at least 4 members (excludes halogenated alkanes) is 2. The lowest BCUT2D eigenvalue weighted by Crippen LogP contribution is -2.61. The Hall–Kier alpha value is -1.06. The van der Waals surface area contributed by atoms with Crippen LogP contribution in [0, 0.1) is 11.8 Å². The first kappa shape index (κ1) is 20.0. The van der Waals surface area contributed by atoms with Gasteiger partial charge in [0.2, 0.25) is 11.8 Å². The molecular formula is C19H36N2O2. The molecule has 1 fully saturated rings. The lowest BCUT2D eigenvalue weighted by molar-refractivity contribution is -0.137. The van der Waals surface area contributed by atoms with Gasteiger partial charge in [-0.05, 0) is 24.7 Å². The molecule has 2 amide bonds. The van der Waals surface area contributed by atoms with E-state index in [0.717, 1.165) is 44.4 Å². The standard InChI is InChI=1S/C19H36N2O2/c1-5-15(4)11-7-9-13-17-19(23)20-16(18(22)21-17)12-8-6-10-14(2)3/h14-17H,5-13H2,1-4H3,(H,20,23)(H,21,22). The van der Waals surface area contributed by atoms with E-state index < -0.39 is 0 Å². The molecule has 0 aromatic carbocycles. The second-order valence-corrected chi connectivity index (χ2v) is 7.60. The molecule has 0 radical (unpaired) electrons. The molecule has 2 N–H and O–H groups in total. The number of amides is 2. The minimum atomic E-state index is -0.328. The number of piperazine rings is 1. The predicted octanol–water partition coefficient (Wildman–Crippen LogP) is 3.79. The lowest BCUT2D eigenvalue weighted by atomic mass is 9.97. The molecule has 1 aliphatic rings. The average molecular weight is 325 g/mol. The van der Waals surface area contributed by atoms with Gasteiger partial charge in [0.15, 0.2) is 0 Å². The van der Waals surface area contributed by atoms with Crippen molar-refractivity contribution in [2.75, 3.05) is 0 Å². The molecule has 0 spiro atoms. The molecule has 1 rings (SSSR count). The van der Waals surface area contributed by atoms with E-state index in [1.165, 1.54) is 19.3 Å². The van der Waals surface area contributed by atoms with Gasteiger partial charge >= 0.3 is 0 Å². The number of carbonyl (C=O) groups excluding carboxylic acids is 2. The molecule has 0 aromatic heterocycles. The van der Waals surface area contributed by atoms with Crippen LogP contribution in [-0.4, -0.2) is 23.9 Å². The van der Waals surface area contributed by atoms with Crippen molar-refractivity contribution in [3.63, 3.8) is 0 Å². The van der Waals surface area contributed by atoms with Crippen LogP contribution in [0.5, 0.6) is 0 Å². The van der Waals surface area contributed by atoms with Gasteiger partial charge in [-0.25, -0.2) is 0 Å². The van der Waals surface area contributed by atoms with E-state index in [-0.39, 0.29) is 23.9 Å². The normalized spacial score (nSPS) is 22.8. The zero-order valence-electron chi connectivity index (χ0n) is 15.5. The Morgan fingerprint density at radius 2 is 1.30 bits per heavy atom. The van der Waals surface area contributed by atoms with Crippen molar-refractivity contribution < 1.29 is 9.59 Å². The van der Waals surface area contributed by atoms with Gasteiger partial charge < -0.3 is 10.6 Å². The second-order valence-electron chi connectivity index (χ2n) is 7.60. The molecule has 3 unspecified atom stereocenters. The molecule has 0 saturated carbocycles. The first-order valence-corrected chi connectivity index (χ1v) is 9.54. The van der Waals surface area contributed by atoms with Crippen LogP contribution in [0.15, 0.2) is 0 Å². The predicted molar refractivity (Wildman–Crippen MR) is 95.1 cm³/mol. The van der Waals surface area contributed by atoms with E-state index in [9.17, 15) is 9.59 Å². The van der Waals surface area contributed by atoms with Gasteiger partial charge in [-0.3, -0.25) is 9.59 Å². The molecule has 4 heteroatoms. The minimum absolute atomic E-state index is 0.000994. The van der Waals surface area contributed by atoms with Gasteiger partial charge in [-0.1, -0.05) is 72.6 Å². The number of carbonyl (C=O) groups is 2. The fraction of sp³-hybridized carbons (Fsp3) is 0.895. The molecule has 4 nitrogen and oxygen atoms in total. The maximum atomic E-state index is 12.1. The Kier molecular flexibility index (Phi) is 9.27. The topological polar surface area (TPSA) is 58.2 Å². The summed E-state index contributed by atoms with van der Waals surface area (Å²) < 4.78 is 0. The van der Waals surface area contributed by atoms with Crippen LogP contribution < -0.4 is 10.6 Å². The maximum absolute atomic E-state index is 12.1. The monoisotopic (exact) mass is 324 g/mol. The van der Waals surface area contributed by atoms with Crippen molar-refractivity contribution >= 4 is 11.8 Å². The van der Waals surface area contributed by atoms with Crippen LogP contribution >= 0.6 is 0 Å². The fourth-order valence-corrected chi connectivity index (χ4v) is 3.03. The quantitative estimate of drug-likeness (QED) is 0.568. The minimum Gasteiger partial charge on any atom is -0.343 e. The highest BCUT2D eigenvalue weighted by atomic mass is 16.2. The average Bonchev–Trinajstić information content (AvgIpc) is 2.51. The van der Waals surface area contributed by atoms with Crippen molar-refractivity contribution in [1.82, 2.24) is 10.6 Å². The third-order valence-corrected chi connectivity index (χ3v) is 4.93. The number of nitrogens with one attached hydrogen (secondary N) is 2. The van der Waals surface area contributed by atoms with Crippen molar-refractivity contribution in [2.24, 2.45) is 11.8 Å². The van der Waals surface area contributed by atoms with Crippen molar-refractivity contribution in [2.45, 2.75) is 97.6 Å². The molecule has 1 aliphatic heterocycles.